The minimum Gasteiger partial charge on any atom is -0.502 e. The first-order chi connectivity index (χ1) is 13.3. The van der Waals surface area contributed by atoms with Gasteiger partial charge in [0.15, 0.2) is 12.0 Å². The number of hydrogen-bond donors (Lipinski definition) is 1. The molecule has 1 aromatic carbocycles. The van der Waals surface area contributed by atoms with Crippen molar-refractivity contribution in [2.75, 3.05) is 0 Å². The Morgan fingerprint density at radius 2 is 2.11 bits per heavy atom. The van der Waals surface area contributed by atoms with Gasteiger partial charge >= 0.3 is 0 Å². The van der Waals surface area contributed by atoms with Crippen molar-refractivity contribution in [3.05, 3.63) is 69.5 Å². The number of ether oxygens (including phenoxy) is 1. The zero-order valence-corrected chi connectivity index (χ0v) is 15.9. The minimum atomic E-state index is -0.523. The SMILES string of the molecule is CC(C)(C)c1cccc(C=O)c1OCc1cn(Cc2cc(=O)c(O)co2)nn1. The van der Waals surface area contributed by atoms with Crippen LogP contribution in [0.5, 0.6) is 11.5 Å². The fourth-order valence-electron chi connectivity index (χ4n) is 2.71. The first-order valence-corrected chi connectivity index (χ1v) is 8.69. The molecule has 0 unspecified atom stereocenters. The standard InChI is InChI=1S/C20H21N3O5/c1-20(2,3)16-6-4-5-13(10-24)19(16)28-11-14-8-23(22-21-14)9-15-7-17(25)18(26)12-27-15/h4-8,10,12,26H,9,11H2,1-3H3. The lowest BCUT2D eigenvalue weighted by Gasteiger charge is -2.23. The summed E-state index contributed by atoms with van der Waals surface area (Å²) in [5.41, 5.74) is 1.25. The van der Waals surface area contributed by atoms with Crippen LogP contribution in [0.4, 0.5) is 0 Å². The van der Waals surface area contributed by atoms with E-state index in [9.17, 15) is 14.7 Å². The Labute approximate surface area is 161 Å². The predicted octanol–water partition coefficient (Wildman–Crippen LogP) is 2.67. The largest absolute Gasteiger partial charge is 0.502 e. The van der Waals surface area contributed by atoms with Gasteiger partial charge in [0.05, 0.1) is 11.8 Å². The molecule has 3 rings (SSSR count). The van der Waals surface area contributed by atoms with Crippen LogP contribution in [-0.4, -0.2) is 26.4 Å². The van der Waals surface area contributed by atoms with Crippen molar-refractivity contribution in [3.63, 3.8) is 0 Å². The summed E-state index contributed by atoms with van der Waals surface area (Å²) >= 11 is 0. The summed E-state index contributed by atoms with van der Waals surface area (Å²) in [6.45, 7) is 6.45. The molecule has 0 spiro atoms. The number of carbonyl (C=O) groups excluding carboxylic acids is 1. The van der Waals surface area contributed by atoms with Crippen LogP contribution in [0.1, 0.15) is 48.1 Å². The Bertz CT molecular complexity index is 1050. The molecule has 0 fully saturated rings. The van der Waals surface area contributed by atoms with Gasteiger partial charge in [0, 0.05) is 11.6 Å². The maximum Gasteiger partial charge on any atom is 0.226 e. The van der Waals surface area contributed by atoms with Crippen LogP contribution >= 0.6 is 0 Å². The summed E-state index contributed by atoms with van der Waals surface area (Å²) in [5.74, 6) is 0.422. The van der Waals surface area contributed by atoms with Gasteiger partial charge in [-0.25, -0.2) is 4.68 Å². The smallest absolute Gasteiger partial charge is 0.226 e. The Hall–Kier alpha value is -3.42. The lowest BCUT2D eigenvalue weighted by molar-refractivity contribution is 0.111. The first kappa shape index (κ1) is 19.3. The zero-order chi connectivity index (χ0) is 20.3. The Balaban J connectivity index is 1.75. The number of aromatic hydroxyl groups is 1. The normalized spacial score (nSPS) is 11.4. The van der Waals surface area contributed by atoms with Gasteiger partial charge in [-0.2, -0.15) is 0 Å². The van der Waals surface area contributed by atoms with E-state index in [4.69, 9.17) is 9.15 Å². The molecule has 8 nitrogen and oxygen atoms in total. The van der Waals surface area contributed by atoms with Gasteiger partial charge in [-0.3, -0.25) is 9.59 Å². The summed E-state index contributed by atoms with van der Waals surface area (Å²) in [4.78, 5) is 22.9. The second kappa shape index (κ2) is 7.67. The molecule has 0 aliphatic rings. The quantitative estimate of drug-likeness (QED) is 0.652. The van der Waals surface area contributed by atoms with Gasteiger partial charge in [-0.15, -0.1) is 5.10 Å². The number of aldehydes is 1. The maximum absolute atomic E-state index is 11.5. The van der Waals surface area contributed by atoms with Crippen LogP contribution < -0.4 is 10.2 Å². The summed E-state index contributed by atoms with van der Waals surface area (Å²) < 4.78 is 12.6. The van der Waals surface area contributed by atoms with Crippen LogP contribution in [0.2, 0.25) is 0 Å². The molecule has 0 bridgehead atoms. The fourth-order valence-corrected chi connectivity index (χ4v) is 2.71. The molecular weight excluding hydrogens is 362 g/mol. The van der Waals surface area contributed by atoms with Gasteiger partial charge < -0.3 is 14.3 Å². The third-order valence-corrected chi connectivity index (χ3v) is 4.12. The van der Waals surface area contributed by atoms with Crippen molar-refractivity contribution >= 4 is 6.29 Å². The third kappa shape index (κ3) is 4.28. The summed E-state index contributed by atoms with van der Waals surface area (Å²) in [6.07, 6.45) is 3.42. The number of nitrogens with zero attached hydrogens (tertiary/aromatic N) is 3. The molecule has 0 amide bonds. The highest BCUT2D eigenvalue weighted by atomic mass is 16.5. The summed E-state index contributed by atoms with van der Waals surface area (Å²) in [5, 5.41) is 17.3. The van der Waals surface area contributed by atoms with Crippen LogP contribution in [-0.2, 0) is 18.6 Å². The highest BCUT2D eigenvalue weighted by Crippen LogP contribution is 2.33. The van der Waals surface area contributed by atoms with Crippen molar-refractivity contribution in [3.8, 4) is 11.5 Å². The Kier molecular flexibility index (Phi) is 5.30. The van der Waals surface area contributed by atoms with Crippen molar-refractivity contribution in [2.45, 2.75) is 39.3 Å². The molecule has 0 aliphatic carbocycles. The van der Waals surface area contributed by atoms with Gasteiger partial charge in [0.1, 0.15) is 36.6 Å². The monoisotopic (exact) mass is 383 g/mol. The maximum atomic E-state index is 11.5. The van der Waals surface area contributed by atoms with Crippen molar-refractivity contribution < 1.29 is 19.1 Å². The summed E-state index contributed by atoms with van der Waals surface area (Å²) in [6, 6.07) is 6.68. The number of benzene rings is 1. The first-order valence-electron chi connectivity index (χ1n) is 8.69. The molecule has 2 heterocycles. The van der Waals surface area contributed by atoms with E-state index in [1.807, 2.05) is 32.9 Å². The van der Waals surface area contributed by atoms with Crippen LogP contribution in [0.15, 0.2) is 45.9 Å². The third-order valence-electron chi connectivity index (χ3n) is 4.12. The molecule has 0 aliphatic heterocycles. The predicted molar refractivity (Wildman–Crippen MR) is 101 cm³/mol. The van der Waals surface area contributed by atoms with E-state index in [-0.39, 0.29) is 18.6 Å². The average molecular weight is 383 g/mol. The molecule has 1 N–H and O–H groups in total. The highest BCUT2D eigenvalue weighted by molar-refractivity contribution is 5.80. The molecule has 146 valence electrons. The number of rotatable bonds is 6. The second-order valence-electron chi connectivity index (χ2n) is 7.38. The van der Waals surface area contributed by atoms with Crippen molar-refractivity contribution in [1.82, 2.24) is 15.0 Å². The van der Waals surface area contributed by atoms with Gasteiger partial charge in [-0.05, 0) is 11.5 Å². The van der Waals surface area contributed by atoms with Crippen LogP contribution in [0.3, 0.4) is 0 Å². The van der Waals surface area contributed by atoms with Crippen LogP contribution in [0, 0.1) is 0 Å². The number of carbonyl (C=O) groups is 1. The van der Waals surface area contributed by atoms with E-state index < -0.39 is 11.2 Å². The number of aromatic nitrogens is 3. The Morgan fingerprint density at radius 3 is 2.79 bits per heavy atom. The highest BCUT2D eigenvalue weighted by Gasteiger charge is 2.21. The minimum absolute atomic E-state index is 0.132. The summed E-state index contributed by atoms with van der Waals surface area (Å²) in [7, 11) is 0. The second-order valence-corrected chi connectivity index (χ2v) is 7.38. The van der Waals surface area contributed by atoms with Gasteiger partial charge in [0.25, 0.3) is 0 Å². The fraction of sp³-hybridized carbons (Fsp3) is 0.300. The molecule has 0 saturated carbocycles. The lowest BCUT2D eigenvalue weighted by Crippen LogP contribution is -2.14. The zero-order valence-electron chi connectivity index (χ0n) is 15.9. The van der Waals surface area contributed by atoms with E-state index in [1.54, 1.807) is 12.3 Å². The molecule has 0 saturated heterocycles. The van der Waals surface area contributed by atoms with E-state index >= 15 is 0 Å². The molecule has 3 aromatic rings. The van der Waals surface area contributed by atoms with Crippen LogP contribution in [0.25, 0.3) is 0 Å². The van der Waals surface area contributed by atoms with Crippen molar-refractivity contribution in [1.29, 1.82) is 0 Å². The number of para-hydroxylation sites is 1. The van der Waals surface area contributed by atoms with E-state index in [0.29, 0.717) is 22.8 Å². The van der Waals surface area contributed by atoms with E-state index in [0.717, 1.165) is 18.1 Å². The van der Waals surface area contributed by atoms with Crippen molar-refractivity contribution in [2.24, 2.45) is 0 Å². The molecule has 8 heteroatoms. The molecule has 28 heavy (non-hydrogen) atoms. The average Bonchev–Trinajstić information content (AvgIpc) is 3.09. The van der Waals surface area contributed by atoms with E-state index in [1.165, 1.54) is 10.7 Å². The molecule has 0 radical (unpaired) electrons. The van der Waals surface area contributed by atoms with Gasteiger partial charge in [-0.1, -0.05) is 38.1 Å². The van der Waals surface area contributed by atoms with Gasteiger partial charge in [0.2, 0.25) is 5.43 Å². The molecule has 2 aromatic heterocycles. The van der Waals surface area contributed by atoms with E-state index in [2.05, 4.69) is 10.3 Å². The topological polar surface area (TPSA) is 107 Å². The lowest BCUT2D eigenvalue weighted by atomic mass is 9.85. The molecule has 0 atom stereocenters. The number of hydrogen-bond acceptors (Lipinski definition) is 7. The Morgan fingerprint density at radius 1 is 1.32 bits per heavy atom. The molecular formula is C20H21N3O5.